The minimum atomic E-state index is 0.159. The predicted molar refractivity (Wildman–Crippen MR) is 68.7 cm³/mol. The van der Waals surface area contributed by atoms with E-state index in [0.29, 0.717) is 5.92 Å². The lowest BCUT2D eigenvalue weighted by Gasteiger charge is -2.39. The highest BCUT2D eigenvalue weighted by Crippen LogP contribution is 2.20. The predicted octanol–water partition coefficient (Wildman–Crippen LogP) is 1.51. The number of piperidine rings is 2. The van der Waals surface area contributed by atoms with Gasteiger partial charge in [0.05, 0.1) is 0 Å². The van der Waals surface area contributed by atoms with Gasteiger partial charge in [0.1, 0.15) is 0 Å². The van der Waals surface area contributed by atoms with Gasteiger partial charge >= 0.3 is 6.03 Å². The van der Waals surface area contributed by atoms with Gasteiger partial charge in [0.25, 0.3) is 0 Å². The van der Waals surface area contributed by atoms with E-state index in [9.17, 15) is 4.79 Å². The van der Waals surface area contributed by atoms with Gasteiger partial charge in [-0.15, -0.1) is 0 Å². The first-order valence-electron chi connectivity index (χ1n) is 6.85. The molecule has 2 rings (SSSR count). The van der Waals surface area contributed by atoms with Crippen molar-refractivity contribution < 1.29 is 4.79 Å². The first kappa shape index (κ1) is 12.7. The normalized spacial score (nSPS) is 31.7. The Morgan fingerprint density at radius 2 is 1.71 bits per heavy atom. The number of nitrogens with two attached hydrogens (primary N) is 1. The number of amides is 2. The van der Waals surface area contributed by atoms with E-state index >= 15 is 0 Å². The first-order chi connectivity index (χ1) is 8.06. The van der Waals surface area contributed by atoms with Gasteiger partial charge < -0.3 is 15.5 Å². The fraction of sp³-hybridized carbons (Fsp3) is 0.923. The molecule has 0 spiro atoms. The van der Waals surface area contributed by atoms with Crippen LogP contribution < -0.4 is 5.73 Å². The smallest absolute Gasteiger partial charge is 0.320 e. The Morgan fingerprint density at radius 1 is 1.06 bits per heavy atom. The SMILES string of the molecule is CC1CCN(C(=O)N2CC(C)CC(N)C2)CC1. The number of hydrogen-bond donors (Lipinski definition) is 1. The lowest BCUT2D eigenvalue weighted by Crippen LogP contribution is -2.54. The molecule has 0 aromatic heterocycles. The summed E-state index contributed by atoms with van der Waals surface area (Å²) in [5, 5.41) is 0. The molecule has 2 amide bonds. The summed E-state index contributed by atoms with van der Waals surface area (Å²) in [5.74, 6) is 1.30. The quantitative estimate of drug-likeness (QED) is 0.696. The Morgan fingerprint density at radius 3 is 2.29 bits per heavy atom. The molecular weight excluding hydrogens is 214 g/mol. The first-order valence-corrected chi connectivity index (χ1v) is 6.85. The second kappa shape index (κ2) is 5.25. The largest absolute Gasteiger partial charge is 0.326 e. The highest BCUT2D eigenvalue weighted by atomic mass is 16.2. The summed E-state index contributed by atoms with van der Waals surface area (Å²) in [5.41, 5.74) is 5.99. The van der Waals surface area contributed by atoms with Crippen molar-refractivity contribution in [2.45, 2.75) is 39.2 Å². The van der Waals surface area contributed by atoms with Gasteiger partial charge in [-0.2, -0.15) is 0 Å². The molecule has 17 heavy (non-hydrogen) atoms. The molecule has 2 aliphatic heterocycles. The van der Waals surface area contributed by atoms with Gasteiger partial charge in [0.2, 0.25) is 0 Å². The summed E-state index contributed by atoms with van der Waals surface area (Å²) in [6.45, 7) is 7.88. The molecular formula is C13H25N3O. The molecule has 0 saturated carbocycles. The number of hydrogen-bond acceptors (Lipinski definition) is 2. The van der Waals surface area contributed by atoms with Crippen molar-refractivity contribution in [2.75, 3.05) is 26.2 Å². The summed E-state index contributed by atoms with van der Waals surface area (Å²) >= 11 is 0. The highest BCUT2D eigenvalue weighted by Gasteiger charge is 2.30. The van der Waals surface area contributed by atoms with Crippen LogP contribution in [0, 0.1) is 11.8 Å². The monoisotopic (exact) mass is 239 g/mol. The molecule has 0 bridgehead atoms. The zero-order chi connectivity index (χ0) is 12.4. The minimum Gasteiger partial charge on any atom is -0.326 e. The van der Waals surface area contributed by atoms with Crippen LogP contribution in [0.25, 0.3) is 0 Å². The van der Waals surface area contributed by atoms with Crippen LogP contribution in [0.3, 0.4) is 0 Å². The van der Waals surface area contributed by atoms with Crippen LogP contribution in [-0.4, -0.2) is 48.1 Å². The van der Waals surface area contributed by atoms with Crippen molar-refractivity contribution in [3.63, 3.8) is 0 Å². The van der Waals surface area contributed by atoms with Gasteiger partial charge in [-0.1, -0.05) is 13.8 Å². The van der Waals surface area contributed by atoms with E-state index in [1.807, 2.05) is 9.80 Å². The maximum absolute atomic E-state index is 12.3. The van der Waals surface area contributed by atoms with Crippen LogP contribution in [-0.2, 0) is 0 Å². The molecule has 2 unspecified atom stereocenters. The van der Waals surface area contributed by atoms with Crippen LogP contribution in [0.2, 0.25) is 0 Å². The Bertz CT molecular complexity index is 264. The molecule has 0 radical (unpaired) electrons. The number of rotatable bonds is 0. The van der Waals surface area contributed by atoms with Gasteiger partial charge in [0, 0.05) is 32.2 Å². The summed E-state index contributed by atoms with van der Waals surface area (Å²) in [7, 11) is 0. The molecule has 0 aromatic carbocycles. The number of urea groups is 1. The third kappa shape index (κ3) is 3.12. The summed E-state index contributed by atoms with van der Waals surface area (Å²) in [4.78, 5) is 16.3. The maximum Gasteiger partial charge on any atom is 0.320 e. The van der Waals surface area contributed by atoms with Crippen molar-refractivity contribution in [3.05, 3.63) is 0 Å². The highest BCUT2D eigenvalue weighted by molar-refractivity contribution is 5.74. The van der Waals surface area contributed by atoms with E-state index in [1.54, 1.807) is 0 Å². The standard InChI is InChI=1S/C13H25N3O/c1-10-3-5-15(6-4-10)13(17)16-8-11(2)7-12(14)9-16/h10-12H,3-9,14H2,1-2H3. The second-order valence-corrected chi connectivity index (χ2v) is 5.96. The zero-order valence-corrected chi connectivity index (χ0v) is 11.1. The van der Waals surface area contributed by atoms with Crippen molar-refractivity contribution in [1.29, 1.82) is 0 Å². The lowest BCUT2D eigenvalue weighted by molar-refractivity contribution is 0.111. The van der Waals surface area contributed by atoms with Crippen molar-refractivity contribution in [1.82, 2.24) is 9.80 Å². The molecule has 2 heterocycles. The average Bonchev–Trinajstić information content (AvgIpc) is 2.28. The van der Waals surface area contributed by atoms with Gasteiger partial charge in [0.15, 0.2) is 0 Å². The van der Waals surface area contributed by atoms with E-state index in [4.69, 9.17) is 5.73 Å². The number of likely N-dealkylation sites (tertiary alicyclic amines) is 2. The third-order valence-electron chi connectivity index (χ3n) is 4.02. The van der Waals surface area contributed by atoms with Crippen LogP contribution in [0.15, 0.2) is 0 Å². The van der Waals surface area contributed by atoms with Crippen molar-refractivity contribution in [3.8, 4) is 0 Å². The summed E-state index contributed by atoms with van der Waals surface area (Å²) in [6, 6.07) is 0.366. The fourth-order valence-corrected chi connectivity index (χ4v) is 2.96. The van der Waals surface area contributed by atoms with Crippen LogP contribution in [0.5, 0.6) is 0 Å². The minimum absolute atomic E-state index is 0.159. The molecule has 2 N–H and O–H groups in total. The molecule has 0 aromatic rings. The molecule has 2 fully saturated rings. The fourth-order valence-electron chi connectivity index (χ4n) is 2.96. The van der Waals surface area contributed by atoms with Gasteiger partial charge in [-0.3, -0.25) is 0 Å². The van der Waals surface area contributed by atoms with E-state index < -0.39 is 0 Å². The van der Waals surface area contributed by atoms with Crippen molar-refractivity contribution >= 4 is 6.03 Å². The molecule has 0 aliphatic carbocycles. The number of carbonyl (C=O) groups excluding carboxylic acids is 1. The number of carbonyl (C=O) groups is 1. The van der Waals surface area contributed by atoms with E-state index in [1.165, 1.54) is 0 Å². The van der Waals surface area contributed by atoms with Crippen molar-refractivity contribution in [2.24, 2.45) is 17.6 Å². The van der Waals surface area contributed by atoms with Crippen LogP contribution >= 0.6 is 0 Å². The second-order valence-electron chi connectivity index (χ2n) is 5.96. The maximum atomic E-state index is 12.3. The van der Waals surface area contributed by atoms with E-state index in [2.05, 4.69) is 13.8 Å². The van der Waals surface area contributed by atoms with E-state index in [-0.39, 0.29) is 12.1 Å². The van der Waals surface area contributed by atoms with Gasteiger partial charge in [-0.05, 0) is 31.1 Å². The number of nitrogens with zero attached hydrogens (tertiary/aromatic N) is 2. The van der Waals surface area contributed by atoms with Crippen LogP contribution in [0.1, 0.15) is 33.1 Å². The molecule has 2 saturated heterocycles. The molecule has 2 atom stereocenters. The Hall–Kier alpha value is -0.770. The lowest BCUT2D eigenvalue weighted by atomic mass is 9.96. The third-order valence-corrected chi connectivity index (χ3v) is 4.02. The van der Waals surface area contributed by atoms with Gasteiger partial charge in [-0.25, -0.2) is 4.79 Å². The molecule has 2 aliphatic rings. The average molecular weight is 239 g/mol. The Labute approximate surface area is 104 Å². The van der Waals surface area contributed by atoms with Crippen LogP contribution in [0.4, 0.5) is 4.79 Å². The Kier molecular flexibility index (Phi) is 3.92. The molecule has 98 valence electrons. The molecule has 4 heteroatoms. The zero-order valence-electron chi connectivity index (χ0n) is 11.1. The molecule has 4 nitrogen and oxygen atoms in total. The topological polar surface area (TPSA) is 49.6 Å². The van der Waals surface area contributed by atoms with E-state index in [0.717, 1.165) is 51.4 Å². The summed E-state index contributed by atoms with van der Waals surface area (Å²) in [6.07, 6.45) is 3.32. The Balaban J connectivity index is 1.90. The summed E-state index contributed by atoms with van der Waals surface area (Å²) < 4.78 is 0.